The zero-order valence-electron chi connectivity index (χ0n) is 26.1. The number of benzene rings is 9. The highest BCUT2D eigenvalue weighted by atomic mass is 16.3. The molecule has 0 aliphatic heterocycles. The minimum absolute atomic E-state index is 0.888. The highest BCUT2D eigenvalue weighted by Gasteiger charge is 2.18. The molecule has 2 nitrogen and oxygen atoms in total. The number of furan rings is 1. The van der Waals surface area contributed by atoms with E-state index in [1.807, 2.05) is 0 Å². The van der Waals surface area contributed by atoms with Crippen LogP contribution < -0.4 is 4.90 Å². The summed E-state index contributed by atoms with van der Waals surface area (Å²) in [7, 11) is 0. The largest absolute Gasteiger partial charge is 0.455 e. The molecule has 10 aromatic rings. The third-order valence-corrected chi connectivity index (χ3v) is 9.78. The molecule has 0 spiro atoms. The van der Waals surface area contributed by atoms with Gasteiger partial charge in [-0.05, 0) is 97.4 Å². The first-order valence-electron chi connectivity index (χ1n) is 16.4. The first kappa shape index (κ1) is 26.8. The molecule has 0 atom stereocenters. The average Bonchev–Trinajstić information content (AvgIpc) is 3.54. The molecule has 0 N–H and O–H groups in total. The van der Waals surface area contributed by atoms with Gasteiger partial charge in [0.05, 0.1) is 0 Å². The Hall–Kier alpha value is -6.38. The lowest BCUT2D eigenvalue weighted by atomic mass is 9.96. The van der Waals surface area contributed by atoms with E-state index in [9.17, 15) is 0 Å². The first-order valence-corrected chi connectivity index (χ1v) is 16.4. The molecule has 2 heteroatoms. The third kappa shape index (κ3) is 4.20. The summed E-state index contributed by atoms with van der Waals surface area (Å²) in [5, 5.41) is 12.1. The molecule has 1 aromatic heterocycles. The lowest BCUT2D eigenvalue weighted by Crippen LogP contribution is -2.10. The molecule has 0 radical (unpaired) electrons. The molecule has 10 rings (SSSR count). The van der Waals surface area contributed by atoms with Crippen molar-refractivity contribution in [3.05, 3.63) is 176 Å². The number of anilines is 3. The zero-order valence-corrected chi connectivity index (χ0v) is 26.1. The Morgan fingerprint density at radius 1 is 0.333 bits per heavy atom. The number of nitrogens with zero attached hydrogens (tertiary/aromatic N) is 1. The van der Waals surface area contributed by atoms with E-state index in [1.165, 1.54) is 48.8 Å². The Balaban J connectivity index is 1.24. The molecule has 48 heavy (non-hydrogen) atoms. The van der Waals surface area contributed by atoms with Crippen molar-refractivity contribution in [3.63, 3.8) is 0 Å². The maximum absolute atomic E-state index is 6.52. The van der Waals surface area contributed by atoms with E-state index < -0.39 is 0 Å². The summed E-state index contributed by atoms with van der Waals surface area (Å²) in [5.74, 6) is 0. The number of rotatable bonds is 4. The van der Waals surface area contributed by atoms with Gasteiger partial charge in [-0.15, -0.1) is 0 Å². The van der Waals surface area contributed by atoms with Gasteiger partial charge in [0.2, 0.25) is 0 Å². The van der Waals surface area contributed by atoms with E-state index in [1.54, 1.807) is 0 Å². The molecule has 0 aliphatic rings. The molecule has 0 amide bonds. The Bertz CT molecular complexity index is 2840. The van der Waals surface area contributed by atoms with E-state index in [-0.39, 0.29) is 0 Å². The zero-order chi connectivity index (χ0) is 31.6. The third-order valence-electron chi connectivity index (χ3n) is 9.78. The second-order valence-electron chi connectivity index (χ2n) is 12.6. The van der Waals surface area contributed by atoms with E-state index in [0.29, 0.717) is 0 Å². The van der Waals surface area contributed by atoms with Gasteiger partial charge < -0.3 is 9.32 Å². The minimum Gasteiger partial charge on any atom is -0.455 e. The molecule has 0 saturated carbocycles. The van der Waals surface area contributed by atoms with Crippen LogP contribution in [0.5, 0.6) is 0 Å². The standard InChI is InChI=1S/C46H29NO/c1-2-9-30(10-3-1)35-13-8-14-36(27-35)47(38-24-26-44-43(29-38)41-25-22-32-12-5-7-16-40(32)46(41)48-44)37-23-21-33-18-20-34-19-17-31-11-4-6-15-39(31)45(34)42(33)28-37/h1-29H. The van der Waals surface area contributed by atoms with Crippen LogP contribution in [0.3, 0.4) is 0 Å². The predicted octanol–water partition coefficient (Wildman–Crippen LogP) is 13.3. The molecule has 0 aliphatic carbocycles. The van der Waals surface area contributed by atoms with E-state index >= 15 is 0 Å². The number of fused-ring (bicyclic) bond motifs is 10. The van der Waals surface area contributed by atoms with Crippen molar-refractivity contribution < 1.29 is 4.42 Å². The monoisotopic (exact) mass is 611 g/mol. The Kier molecular flexibility index (Phi) is 5.91. The summed E-state index contributed by atoms with van der Waals surface area (Å²) in [6, 6.07) is 63.4. The maximum Gasteiger partial charge on any atom is 0.143 e. The van der Waals surface area contributed by atoms with Crippen LogP contribution in [0.2, 0.25) is 0 Å². The van der Waals surface area contributed by atoms with Crippen molar-refractivity contribution in [2.45, 2.75) is 0 Å². The van der Waals surface area contributed by atoms with Gasteiger partial charge in [-0.25, -0.2) is 0 Å². The van der Waals surface area contributed by atoms with Gasteiger partial charge in [-0.2, -0.15) is 0 Å². The molecule has 224 valence electrons. The van der Waals surface area contributed by atoms with E-state index in [4.69, 9.17) is 4.42 Å². The van der Waals surface area contributed by atoms with Gasteiger partial charge in [0, 0.05) is 33.2 Å². The Morgan fingerprint density at radius 3 is 1.75 bits per heavy atom. The lowest BCUT2D eigenvalue weighted by molar-refractivity contribution is 0.672. The Labute approximate surface area is 277 Å². The van der Waals surface area contributed by atoms with Gasteiger partial charge in [-0.3, -0.25) is 0 Å². The Morgan fingerprint density at radius 2 is 0.917 bits per heavy atom. The summed E-state index contributed by atoms with van der Waals surface area (Å²) in [5.41, 5.74) is 7.47. The second-order valence-corrected chi connectivity index (χ2v) is 12.6. The van der Waals surface area contributed by atoms with Crippen LogP contribution in [0.1, 0.15) is 0 Å². The molecule has 1 heterocycles. The minimum atomic E-state index is 0.888. The highest BCUT2D eigenvalue weighted by Crippen LogP contribution is 2.43. The summed E-state index contributed by atoms with van der Waals surface area (Å²) >= 11 is 0. The molecular formula is C46H29NO. The molecule has 0 saturated heterocycles. The van der Waals surface area contributed by atoms with Gasteiger partial charge in [0.15, 0.2) is 0 Å². The van der Waals surface area contributed by atoms with E-state index in [2.05, 4.69) is 181 Å². The normalized spacial score (nSPS) is 11.8. The summed E-state index contributed by atoms with van der Waals surface area (Å²) in [4.78, 5) is 2.38. The molecule has 0 unspecified atom stereocenters. The first-order chi connectivity index (χ1) is 23.8. The maximum atomic E-state index is 6.52. The fourth-order valence-electron chi connectivity index (χ4n) is 7.49. The van der Waals surface area contributed by atoms with E-state index in [0.717, 1.165) is 44.4 Å². The molecular weight excluding hydrogens is 583 g/mol. The van der Waals surface area contributed by atoms with Gasteiger partial charge in [-0.1, -0.05) is 127 Å². The van der Waals surface area contributed by atoms with Crippen LogP contribution in [0.15, 0.2) is 180 Å². The quantitative estimate of drug-likeness (QED) is 0.184. The second kappa shape index (κ2) is 10.6. The van der Waals surface area contributed by atoms with Crippen LogP contribution >= 0.6 is 0 Å². The van der Waals surface area contributed by atoms with Crippen molar-refractivity contribution in [1.82, 2.24) is 0 Å². The van der Waals surface area contributed by atoms with Crippen LogP contribution in [-0.4, -0.2) is 0 Å². The van der Waals surface area contributed by atoms with Gasteiger partial charge in [0.25, 0.3) is 0 Å². The van der Waals surface area contributed by atoms with Crippen molar-refractivity contribution in [1.29, 1.82) is 0 Å². The van der Waals surface area contributed by atoms with Crippen LogP contribution in [0.25, 0.3) is 76.2 Å². The molecule has 0 fully saturated rings. The average molecular weight is 612 g/mol. The van der Waals surface area contributed by atoms with Crippen molar-refractivity contribution in [2.24, 2.45) is 0 Å². The van der Waals surface area contributed by atoms with Crippen LogP contribution in [0, 0.1) is 0 Å². The lowest BCUT2D eigenvalue weighted by Gasteiger charge is -2.26. The SMILES string of the molecule is c1ccc(-c2cccc(N(c3ccc4oc5c6ccccc6ccc5c4c3)c3ccc4ccc5ccc6ccccc6c5c4c3)c2)cc1. The number of hydrogen-bond acceptors (Lipinski definition) is 2. The van der Waals surface area contributed by atoms with Crippen molar-refractivity contribution in [2.75, 3.05) is 4.90 Å². The van der Waals surface area contributed by atoms with Crippen molar-refractivity contribution >= 4 is 82.1 Å². The topological polar surface area (TPSA) is 16.4 Å². The van der Waals surface area contributed by atoms with Crippen LogP contribution in [-0.2, 0) is 0 Å². The van der Waals surface area contributed by atoms with Gasteiger partial charge in [0.1, 0.15) is 11.2 Å². The molecule has 9 aromatic carbocycles. The number of hydrogen-bond donors (Lipinski definition) is 0. The molecule has 0 bridgehead atoms. The fourth-order valence-corrected chi connectivity index (χ4v) is 7.49. The summed E-state index contributed by atoms with van der Waals surface area (Å²) in [6.45, 7) is 0. The fraction of sp³-hybridized carbons (Fsp3) is 0. The summed E-state index contributed by atoms with van der Waals surface area (Å²) < 4.78 is 6.52. The van der Waals surface area contributed by atoms with Crippen molar-refractivity contribution in [3.8, 4) is 11.1 Å². The van der Waals surface area contributed by atoms with Gasteiger partial charge >= 0.3 is 0 Å². The van der Waals surface area contributed by atoms with Crippen LogP contribution in [0.4, 0.5) is 17.1 Å². The predicted molar refractivity (Wildman–Crippen MR) is 204 cm³/mol. The highest BCUT2D eigenvalue weighted by molar-refractivity contribution is 6.21. The summed E-state index contributed by atoms with van der Waals surface area (Å²) in [6.07, 6.45) is 0. The smallest absolute Gasteiger partial charge is 0.143 e.